The third-order valence-electron chi connectivity index (χ3n) is 5.27. The molecule has 7 nitrogen and oxygen atoms in total. The Labute approximate surface area is 152 Å². The summed E-state index contributed by atoms with van der Waals surface area (Å²) in [5, 5.41) is 8.91. The molecule has 3 amide bonds. The number of hydrogen-bond donors (Lipinski definition) is 3. The molecular weight excluding hydrogens is 332 g/mol. The molecule has 0 bridgehead atoms. The lowest BCUT2D eigenvalue weighted by molar-refractivity contribution is -0.129. The van der Waals surface area contributed by atoms with Crippen molar-refractivity contribution < 1.29 is 14.4 Å². The molecule has 2 aliphatic heterocycles. The lowest BCUT2D eigenvalue weighted by atomic mass is 10.0. The van der Waals surface area contributed by atoms with Gasteiger partial charge in [-0.2, -0.15) is 0 Å². The molecule has 1 aliphatic carbocycles. The standard InChI is InChI=1S/C19H24N4O3/c24-16(22-12-4-3-9-20-10-12)11-21-18(25)17-14-5-1-2-6-15(14)19(26)23(17)13-7-8-13/h1-2,5-6,12-13,17,20H,3-4,7-11H2,(H,21,25)(H,22,24)/t12-,17?/m0/s1. The lowest BCUT2D eigenvalue weighted by Gasteiger charge is -2.25. The van der Waals surface area contributed by atoms with Gasteiger partial charge in [-0.15, -0.1) is 0 Å². The van der Waals surface area contributed by atoms with E-state index in [-0.39, 0.29) is 36.3 Å². The summed E-state index contributed by atoms with van der Waals surface area (Å²) >= 11 is 0. The van der Waals surface area contributed by atoms with Crippen LogP contribution in [0.25, 0.3) is 0 Å². The van der Waals surface area contributed by atoms with E-state index in [1.807, 2.05) is 18.2 Å². The maximum atomic E-state index is 12.8. The first kappa shape index (κ1) is 17.0. The SMILES string of the molecule is O=C(CNC(=O)C1c2ccccc2C(=O)N1C1CC1)N[C@H]1CCCNC1. The summed E-state index contributed by atoms with van der Waals surface area (Å²) in [6.45, 7) is 1.68. The summed E-state index contributed by atoms with van der Waals surface area (Å²) in [7, 11) is 0. The van der Waals surface area contributed by atoms with Crippen molar-refractivity contribution in [2.24, 2.45) is 0 Å². The smallest absolute Gasteiger partial charge is 0.255 e. The molecule has 1 saturated heterocycles. The fourth-order valence-corrected chi connectivity index (χ4v) is 3.85. The number of nitrogens with one attached hydrogen (secondary N) is 3. The van der Waals surface area contributed by atoms with E-state index in [1.165, 1.54) is 0 Å². The average Bonchev–Trinajstić information content (AvgIpc) is 3.45. The van der Waals surface area contributed by atoms with E-state index in [9.17, 15) is 14.4 Å². The molecule has 1 unspecified atom stereocenters. The molecule has 0 aromatic heterocycles. The van der Waals surface area contributed by atoms with Gasteiger partial charge in [0.1, 0.15) is 6.04 Å². The molecule has 1 saturated carbocycles. The molecule has 3 aliphatic rings. The molecule has 0 radical (unpaired) electrons. The highest BCUT2D eigenvalue weighted by molar-refractivity contribution is 6.05. The molecule has 3 N–H and O–H groups in total. The second kappa shape index (κ2) is 7.07. The van der Waals surface area contributed by atoms with Gasteiger partial charge in [0.25, 0.3) is 5.91 Å². The number of rotatable bonds is 5. The second-order valence-electron chi connectivity index (χ2n) is 7.26. The number of benzene rings is 1. The Balaban J connectivity index is 1.40. The molecule has 4 rings (SSSR count). The van der Waals surface area contributed by atoms with E-state index in [1.54, 1.807) is 11.0 Å². The number of nitrogens with zero attached hydrogens (tertiary/aromatic N) is 1. The Kier molecular flexibility index (Phi) is 4.63. The van der Waals surface area contributed by atoms with Crippen LogP contribution in [0.3, 0.4) is 0 Å². The highest BCUT2D eigenvalue weighted by Crippen LogP contribution is 2.41. The predicted molar refractivity (Wildman–Crippen MR) is 95.4 cm³/mol. The fraction of sp³-hybridized carbons (Fsp3) is 0.526. The topological polar surface area (TPSA) is 90.5 Å². The first-order valence-corrected chi connectivity index (χ1v) is 9.34. The molecule has 0 spiro atoms. The normalized spacial score (nSPS) is 24.9. The minimum Gasteiger partial charge on any atom is -0.351 e. The van der Waals surface area contributed by atoms with Crippen LogP contribution >= 0.6 is 0 Å². The Hall–Kier alpha value is -2.41. The van der Waals surface area contributed by atoms with Crippen molar-refractivity contribution in [3.8, 4) is 0 Å². The first-order chi connectivity index (χ1) is 12.6. The lowest BCUT2D eigenvalue weighted by Crippen LogP contribution is -2.49. The van der Waals surface area contributed by atoms with Crippen LogP contribution in [-0.2, 0) is 9.59 Å². The molecule has 7 heteroatoms. The molecule has 2 fully saturated rings. The predicted octanol–water partition coefficient (Wildman–Crippen LogP) is 0.330. The van der Waals surface area contributed by atoms with Crippen LogP contribution in [0.2, 0.25) is 0 Å². The maximum absolute atomic E-state index is 12.8. The van der Waals surface area contributed by atoms with Crippen LogP contribution in [-0.4, -0.2) is 54.3 Å². The number of carbonyl (C=O) groups excluding carboxylic acids is 3. The van der Waals surface area contributed by atoms with Crippen molar-refractivity contribution in [2.75, 3.05) is 19.6 Å². The number of carbonyl (C=O) groups is 3. The van der Waals surface area contributed by atoms with Crippen molar-refractivity contribution in [1.82, 2.24) is 20.9 Å². The Morgan fingerprint density at radius 1 is 1.19 bits per heavy atom. The van der Waals surface area contributed by atoms with Crippen molar-refractivity contribution in [2.45, 2.75) is 43.8 Å². The van der Waals surface area contributed by atoms with Crippen LogP contribution in [0.1, 0.15) is 47.6 Å². The summed E-state index contributed by atoms with van der Waals surface area (Å²) < 4.78 is 0. The van der Waals surface area contributed by atoms with Gasteiger partial charge in [-0.25, -0.2) is 0 Å². The maximum Gasteiger partial charge on any atom is 0.255 e. The highest BCUT2D eigenvalue weighted by Gasteiger charge is 2.47. The van der Waals surface area contributed by atoms with Crippen LogP contribution in [0.15, 0.2) is 24.3 Å². The van der Waals surface area contributed by atoms with Crippen LogP contribution in [0, 0.1) is 0 Å². The number of fused-ring (bicyclic) bond motifs is 1. The third-order valence-corrected chi connectivity index (χ3v) is 5.27. The Morgan fingerprint density at radius 2 is 2.00 bits per heavy atom. The average molecular weight is 356 g/mol. The largest absolute Gasteiger partial charge is 0.351 e. The van der Waals surface area contributed by atoms with E-state index in [0.29, 0.717) is 5.56 Å². The number of hydrogen-bond acceptors (Lipinski definition) is 4. The van der Waals surface area contributed by atoms with Crippen molar-refractivity contribution >= 4 is 17.7 Å². The molecule has 1 aromatic carbocycles. The zero-order valence-corrected chi connectivity index (χ0v) is 14.7. The van der Waals surface area contributed by atoms with E-state index in [4.69, 9.17) is 0 Å². The van der Waals surface area contributed by atoms with Gasteiger partial charge in [-0.05, 0) is 43.9 Å². The van der Waals surface area contributed by atoms with Crippen molar-refractivity contribution in [3.05, 3.63) is 35.4 Å². The van der Waals surface area contributed by atoms with E-state index in [0.717, 1.165) is 44.3 Å². The van der Waals surface area contributed by atoms with Gasteiger partial charge in [0.05, 0.1) is 6.54 Å². The summed E-state index contributed by atoms with van der Waals surface area (Å²) in [6.07, 6.45) is 3.85. The third kappa shape index (κ3) is 3.31. The van der Waals surface area contributed by atoms with Gasteiger partial charge in [-0.1, -0.05) is 18.2 Å². The molecule has 2 heterocycles. The van der Waals surface area contributed by atoms with Gasteiger partial charge in [0.2, 0.25) is 11.8 Å². The zero-order chi connectivity index (χ0) is 18.1. The van der Waals surface area contributed by atoms with Gasteiger partial charge < -0.3 is 20.9 Å². The van der Waals surface area contributed by atoms with Gasteiger partial charge >= 0.3 is 0 Å². The molecule has 1 aromatic rings. The number of piperidine rings is 1. The first-order valence-electron chi connectivity index (χ1n) is 9.34. The molecule has 138 valence electrons. The molecular formula is C19H24N4O3. The van der Waals surface area contributed by atoms with Gasteiger partial charge in [0, 0.05) is 24.2 Å². The Morgan fingerprint density at radius 3 is 2.73 bits per heavy atom. The second-order valence-corrected chi connectivity index (χ2v) is 7.26. The highest BCUT2D eigenvalue weighted by atomic mass is 16.2. The minimum atomic E-state index is -0.629. The van der Waals surface area contributed by atoms with Crippen LogP contribution in [0.4, 0.5) is 0 Å². The summed E-state index contributed by atoms with van der Waals surface area (Å²) in [5.41, 5.74) is 1.33. The van der Waals surface area contributed by atoms with Crippen LogP contribution in [0.5, 0.6) is 0 Å². The van der Waals surface area contributed by atoms with Crippen molar-refractivity contribution in [3.63, 3.8) is 0 Å². The van der Waals surface area contributed by atoms with Gasteiger partial charge in [-0.3, -0.25) is 14.4 Å². The summed E-state index contributed by atoms with van der Waals surface area (Å²) in [5.74, 6) is -0.560. The van der Waals surface area contributed by atoms with E-state index in [2.05, 4.69) is 16.0 Å². The summed E-state index contributed by atoms with van der Waals surface area (Å²) in [6, 6.07) is 6.86. The van der Waals surface area contributed by atoms with E-state index >= 15 is 0 Å². The van der Waals surface area contributed by atoms with Crippen LogP contribution < -0.4 is 16.0 Å². The molecule has 26 heavy (non-hydrogen) atoms. The Bertz CT molecular complexity index is 725. The monoisotopic (exact) mass is 356 g/mol. The van der Waals surface area contributed by atoms with Gasteiger partial charge in [0.15, 0.2) is 0 Å². The van der Waals surface area contributed by atoms with E-state index < -0.39 is 6.04 Å². The zero-order valence-electron chi connectivity index (χ0n) is 14.7. The molecule has 2 atom stereocenters. The van der Waals surface area contributed by atoms with Crippen molar-refractivity contribution in [1.29, 1.82) is 0 Å². The summed E-state index contributed by atoms with van der Waals surface area (Å²) in [4.78, 5) is 39.3. The number of amides is 3. The minimum absolute atomic E-state index is 0.0688. The quantitative estimate of drug-likeness (QED) is 0.709. The fourth-order valence-electron chi connectivity index (χ4n) is 3.85.